The highest BCUT2D eigenvalue weighted by Crippen LogP contribution is 2.23. The second kappa shape index (κ2) is 7.00. The lowest BCUT2D eigenvalue weighted by Gasteiger charge is -2.07. The minimum atomic E-state index is -0.247. The fourth-order valence-corrected chi connectivity index (χ4v) is 2.70. The highest BCUT2D eigenvalue weighted by atomic mass is 79.9. The number of carbonyl (C=O) groups excluding carboxylic acids is 1. The number of aromatic nitrogens is 3. The van der Waals surface area contributed by atoms with Crippen LogP contribution in [0.5, 0.6) is 5.75 Å². The van der Waals surface area contributed by atoms with E-state index < -0.39 is 0 Å². The van der Waals surface area contributed by atoms with Gasteiger partial charge in [0.15, 0.2) is 11.4 Å². The Morgan fingerprint density at radius 3 is 2.83 bits per heavy atom. The third-order valence-electron chi connectivity index (χ3n) is 3.51. The number of nitrogens with one attached hydrogen (secondary N) is 1. The number of fused-ring (bicyclic) bond motifs is 1. The number of aryl methyl sites for hydroxylation is 1. The molecule has 3 rings (SSSR count). The van der Waals surface area contributed by atoms with Crippen molar-refractivity contribution >= 4 is 33.3 Å². The van der Waals surface area contributed by atoms with E-state index in [1.54, 1.807) is 16.7 Å². The summed E-state index contributed by atoms with van der Waals surface area (Å²) in [6.07, 6.45) is 4.09. The molecule has 0 aromatic carbocycles. The molecule has 24 heavy (non-hydrogen) atoms. The van der Waals surface area contributed by atoms with Gasteiger partial charge >= 0.3 is 0 Å². The van der Waals surface area contributed by atoms with Crippen LogP contribution in [0.4, 0.5) is 5.82 Å². The molecule has 0 unspecified atom stereocenters. The Labute approximate surface area is 148 Å². The predicted octanol–water partition coefficient (Wildman–Crippen LogP) is 3.71. The van der Waals surface area contributed by atoms with Gasteiger partial charge in [0.2, 0.25) is 0 Å². The third-order valence-corrected chi connectivity index (χ3v) is 3.97. The van der Waals surface area contributed by atoms with Gasteiger partial charge in [0.05, 0.1) is 12.3 Å². The van der Waals surface area contributed by atoms with E-state index in [1.807, 2.05) is 38.2 Å². The summed E-state index contributed by atoms with van der Waals surface area (Å²) >= 11 is 3.33. The number of carbonyl (C=O) groups is 1. The quantitative estimate of drug-likeness (QED) is 0.723. The van der Waals surface area contributed by atoms with E-state index in [1.165, 1.54) is 0 Å². The Morgan fingerprint density at radius 2 is 2.17 bits per heavy atom. The second-order valence-corrected chi connectivity index (χ2v) is 5.99. The van der Waals surface area contributed by atoms with Crippen LogP contribution in [-0.2, 0) is 6.42 Å². The van der Waals surface area contributed by atoms with Crippen molar-refractivity contribution in [3.8, 4) is 5.75 Å². The summed E-state index contributed by atoms with van der Waals surface area (Å²) in [6.45, 7) is 4.43. The van der Waals surface area contributed by atoms with Gasteiger partial charge in [-0.15, -0.1) is 0 Å². The van der Waals surface area contributed by atoms with Crippen LogP contribution in [-0.4, -0.2) is 26.9 Å². The number of rotatable bonds is 5. The number of halogens is 1. The standard InChI is InChI=1S/C17H17BrN4O2/c1-3-12-15(17(23)21-14-8-7-11(18)10-19-14)22-9-5-6-13(24-4-2)16(22)20-12/h5-10H,3-4H2,1-2H3,(H,19,21,23). The molecular formula is C17H17BrN4O2. The minimum Gasteiger partial charge on any atom is -0.490 e. The van der Waals surface area contributed by atoms with E-state index in [9.17, 15) is 4.79 Å². The summed E-state index contributed by atoms with van der Waals surface area (Å²) < 4.78 is 8.23. The summed E-state index contributed by atoms with van der Waals surface area (Å²) in [4.78, 5) is 21.5. The lowest BCUT2D eigenvalue weighted by molar-refractivity contribution is 0.102. The molecule has 0 aliphatic carbocycles. The number of hydrogen-bond donors (Lipinski definition) is 1. The van der Waals surface area contributed by atoms with Crippen LogP contribution < -0.4 is 10.1 Å². The van der Waals surface area contributed by atoms with Gasteiger partial charge in [-0.25, -0.2) is 9.97 Å². The Morgan fingerprint density at radius 1 is 1.33 bits per heavy atom. The van der Waals surface area contributed by atoms with E-state index in [0.29, 0.717) is 35.9 Å². The van der Waals surface area contributed by atoms with Crippen LogP contribution in [0, 0.1) is 0 Å². The average Bonchev–Trinajstić information content (AvgIpc) is 2.97. The monoisotopic (exact) mass is 388 g/mol. The van der Waals surface area contributed by atoms with E-state index in [0.717, 1.165) is 10.2 Å². The molecule has 124 valence electrons. The average molecular weight is 389 g/mol. The first kappa shape index (κ1) is 16.4. The van der Waals surface area contributed by atoms with Gasteiger partial charge in [0, 0.05) is 16.9 Å². The molecule has 0 saturated heterocycles. The van der Waals surface area contributed by atoms with Crippen LogP contribution in [0.2, 0.25) is 0 Å². The van der Waals surface area contributed by atoms with Crippen molar-refractivity contribution in [2.75, 3.05) is 11.9 Å². The molecule has 0 aliphatic heterocycles. The van der Waals surface area contributed by atoms with Crippen molar-refractivity contribution in [2.24, 2.45) is 0 Å². The van der Waals surface area contributed by atoms with Gasteiger partial charge in [-0.3, -0.25) is 9.20 Å². The number of ether oxygens (including phenoxy) is 1. The van der Waals surface area contributed by atoms with Gasteiger partial charge < -0.3 is 10.1 Å². The van der Waals surface area contributed by atoms with E-state index >= 15 is 0 Å². The van der Waals surface area contributed by atoms with E-state index in [4.69, 9.17) is 4.74 Å². The normalized spacial score (nSPS) is 10.8. The molecule has 6 nitrogen and oxygen atoms in total. The molecule has 0 fully saturated rings. The molecular weight excluding hydrogens is 372 g/mol. The van der Waals surface area contributed by atoms with Crippen molar-refractivity contribution < 1.29 is 9.53 Å². The molecule has 1 amide bonds. The molecule has 0 bridgehead atoms. The molecule has 3 aromatic rings. The van der Waals surface area contributed by atoms with Crippen molar-refractivity contribution in [2.45, 2.75) is 20.3 Å². The van der Waals surface area contributed by atoms with Gasteiger partial charge in [-0.1, -0.05) is 6.92 Å². The van der Waals surface area contributed by atoms with Gasteiger partial charge in [-0.05, 0) is 53.5 Å². The Kier molecular flexibility index (Phi) is 4.80. The van der Waals surface area contributed by atoms with Crippen LogP contribution in [0.3, 0.4) is 0 Å². The zero-order valence-electron chi connectivity index (χ0n) is 13.4. The van der Waals surface area contributed by atoms with Crippen LogP contribution in [0.1, 0.15) is 30.0 Å². The highest BCUT2D eigenvalue weighted by molar-refractivity contribution is 9.10. The molecule has 0 saturated carbocycles. The van der Waals surface area contributed by atoms with Gasteiger partial charge in [-0.2, -0.15) is 0 Å². The van der Waals surface area contributed by atoms with Gasteiger partial charge in [0.1, 0.15) is 11.5 Å². The maximum Gasteiger partial charge on any atom is 0.275 e. The van der Waals surface area contributed by atoms with Crippen molar-refractivity contribution in [1.82, 2.24) is 14.4 Å². The summed E-state index contributed by atoms with van der Waals surface area (Å²) in [5.41, 5.74) is 1.86. The van der Waals surface area contributed by atoms with E-state index in [2.05, 4.69) is 31.2 Å². The predicted molar refractivity (Wildman–Crippen MR) is 95.6 cm³/mol. The van der Waals surface area contributed by atoms with E-state index in [-0.39, 0.29) is 5.91 Å². The Balaban J connectivity index is 2.02. The van der Waals surface area contributed by atoms with Crippen molar-refractivity contribution in [1.29, 1.82) is 0 Å². The molecule has 3 aromatic heterocycles. The Hall–Kier alpha value is -2.41. The number of imidazole rings is 1. The van der Waals surface area contributed by atoms with Crippen molar-refractivity contribution in [3.63, 3.8) is 0 Å². The summed E-state index contributed by atoms with van der Waals surface area (Å²) in [5.74, 6) is 0.902. The van der Waals surface area contributed by atoms with Crippen molar-refractivity contribution in [3.05, 3.63) is 52.5 Å². The fourth-order valence-electron chi connectivity index (χ4n) is 2.47. The topological polar surface area (TPSA) is 68.5 Å². The lowest BCUT2D eigenvalue weighted by Crippen LogP contribution is -2.17. The summed E-state index contributed by atoms with van der Waals surface area (Å²) in [6, 6.07) is 7.25. The summed E-state index contributed by atoms with van der Waals surface area (Å²) in [7, 11) is 0. The molecule has 0 radical (unpaired) electrons. The second-order valence-electron chi connectivity index (χ2n) is 5.08. The third kappa shape index (κ3) is 3.12. The largest absolute Gasteiger partial charge is 0.490 e. The van der Waals surface area contributed by atoms with Crippen LogP contribution in [0.25, 0.3) is 5.65 Å². The number of amides is 1. The first-order valence-corrected chi connectivity index (χ1v) is 8.49. The zero-order valence-corrected chi connectivity index (χ0v) is 15.0. The minimum absolute atomic E-state index is 0.247. The molecule has 0 atom stereocenters. The molecule has 0 aliphatic rings. The SMILES string of the molecule is CCOc1cccn2c(C(=O)Nc3ccc(Br)cn3)c(CC)nc12. The van der Waals surface area contributed by atoms with Crippen LogP contribution >= 0.6 is 15.9 Å². The molecule has 7 heteroatoms. The lowest BCUT2D eigenvalue weighted by atomic mass is 10.2. The number of anilines is 1. The number of nitrogens with zero attached hydrogens (tertiary/aromatic N) is 3. The number of hydrogen-bond acceptors (Lipinski definition) is 4. The fraction of sp³-hybridized carbons (Fsp3) is 0.235. The highest BCUT2D eigenvalue weighted by Gasteiger charge is 2.20. The number of pyridine rings is 2. The molecule has 0 spiro atoms. The first-order chi connectivity index (χ1) is 11.6. The maximum atomic E-state index is 12.8. The van der Waals surface area contributed by atoms with Gasteiger partial charge in [0.25, 0.3) is 5.91 Å². The molecule has 3 heterocycles. The molecule has 1 N–H and O–H groups in total. The van der Waals surface area contributed by atoms with Crippen LogP contribution in [0.15, 0.2) is 41.1 Å². The smallest absolute Gasteiger partial charge is 0.275 e. The summed E-state index contributed by atoms with van der Waals surface area (Å²) in [5, 5.41) is 2.82. The first-order valence-electron chi connectivity index (χ1n) is 7.69. The zero-order chi connectivity index (χ0) is 17.1. The Bertz CT molecular complexity index is 874. The maximum absolute atomic E-state index is 12.8.